The molecule has 0 saturated carbocycles. The van der Waals surface area contributed by atoms with E-state index in [0.717, 1.165) is 0 Å². The molecule has 0 atom stereocenters. The van der Waals surface area contributed by atoms with Crippen LogP contribution in [0.5, 0.6) is 5.75 Å². The van der Waals surface area contributed by atoms with E-state index in [1.807, 2.05) is 0 Å². The van der Waals surface area contributed by atoms with Crippen LogP contribution in [0.15, 0.2) is 24.3 Å². The van der Waals surface area contributed by atoms with E-state index >= 15 is 0 Å². The Morgan fingerprint density at radius 1 is 1.24 bits per heavy atom. The lowest BCUT2D eigenvalue weighted by molar-refractivity contribution is -0.131. The maximum Gasteiger partial charge on any atom is 0.341 e. The molecule has 0 heterocycles. The second-order valence-corrected chi connectivity index (χ2v) is 5.77. The molecule has 0 bridgehead atoms. The molecule has 0 fully saturated rings. The SMILES string of the molecule is COP(=O)(CC(=O)Oc1ccc(Cl)cc1)OC. The zero-order chi connectivity index (χ0) is 12.9. The van der Waals surface area contributed by atoms with Crippen molar-refractivity contribution in [1.29, 1.82) is 0 Å². The molecule has 0 amide bonds. The summed E-state index contributed by atoms with van der Waals surface area (Å²) in [7, 11) is -0.968. The summed E-state index contributed by atoms with van der Waals surface area (Å²) in [6, 6.07) is 6.22. The molecule has 7 heteroatoms. The Labute approximate surface area is 104 Å². The Hall–Kier alpha value is -0.870. The van der Waals surface area contributed by atoms with Gasteiger partial charge in [0.1, 0.15) is 11.9 Å². The van der Waals surface area contributed by atoms with Gasteiger partial charge in [0.05, 0.1) is 0 Å². The van der Waals surface area contributed by atoms with Crippen LogP contribution >= 0.6 is 19.2 Å². The zero-order valence-corrected chi connectivity index (χ0v) is 11.0. The lowest BCUT2D eigenvalue weighted by Crippen LogP contribution is -2.14. The molecule has 94 valence electrons. The third kappa shape index (κ3) is 4.48. The highest BCUT2D eigenvalue weighted by molar-refractivity contribution is 7.54. The van der Waals surface area contributed by atoms with Gasteiger partial charge in [-0.1, -0.05) is 11.6 Å². The van der Waals surface area contributed by atoms with Crippen molar-refractivity contribution in [2.45, 2.75) is 0 Å². The number of carbonyl (C=O) groups is 1. The van der Waals surface area contributed by atoms with Gasteiger partial charge in [-0.3, -0.25) is 9.36 Å². The molecule has 0 unspecified atom stereocenters. The van der Waals surface area contributed by atoms with E-state index in [1.54, 1.807) is 12.1 Å². The normalized spacial score (nSPS) is 11.2. The van der Waals surface area contributed by atoms with E-state index in [1.165, 1.54) is 26.4 Å². The van der Waals surface area contributed by atoms with Gasteiger partial charge in [-0.25, -0.2) is 0 Å². The van der Waals surface area contributed by atoms with Gasteiger partial charge in [0, 0.05) is 19.2 Å². The number of rotatable bonds is 5. The molecular weight excluding hydrogens is 267 g/mol. The lowest BCUT2D eigenvalue weighted by atomic mass is 10.3. The Morgan fingerprint density at radius 2 is 1.76 bits per heavy atom. The Kier molecular flexibility index (Phi) is 5.15. The van der Waals surface area contributed by atoms with Crippen LogP contribution in [0.3, 0.4) is 0 Å². The third-order valence-corrected chi connectivity index (χ3v) is 3.93. The lowest BCUT2D eigenvalue weighted by Gasteiger charge is -2.12. The predicted molar refractivity (Wildman–Crippen MR) is 63.6 cm³/mol. The van der Waals surface area contributed by atoms with Crippen LogP contribution in [0.25, 0.3) is 0 Å². The molecule has 0 saturated heterocycles. The highest BCUT2D eigenvalue weighted by Gasteiger charge is 2.26. The topological polar surface area (TPSA) is 61.8 Å². The molecule has 0 aliphatic heterocycles. The van der Waals surface area contributed by atoms with Crippen molar-refractivity contribution in [3.63, 3.8) is 0 Å². The fourth-order valence-electron chi connectivity index (χ4n) is 1.03. The van der Waals surface area contributed by atoms with Crippen molar-refractivity contribution < 1.29 is 23.1 Å². The summed E-state index contributed by atoms with van der Waals surface area (Å²) in [5, 5.41) is 0.532. The summed E-state index contributed by atoms with van der Waals surface area (Å²) in [5.74, 6) is -0.377. The van der Waals surface area contributed by atoms with Crippen LogP contribution in [0.2, 0.25) is 5.02 Å². The molecule has 1 rings (SSSR count). The molecule has 0 aliphatic rings. The minimum atomic E-state index is -3.38. The summed E-state index contributed by atoms with van der Waals surface area (Å²) in [4.78, 5) is 11.4. The highest BCUT2D eigenvalue weighted by atomic mass is 35.5. The van der Waals surface area contributed by atoms with Gasteiger partial charge in [-0.05, 0) is 24.3 Å². The summed E-state index contributed by atoms with van der Waals surface area (Å²) in [6.45, 7) is 0. The van der Waals surface area contributed by atoms with Crippen LogP contribution in [0, 0.1) is 0 Å². The van der Waals surface area contributed by atoms with Gasteiger partial charge >= 0.3 is 13.6 Å². The van der Waals surface area contributed by atoms with Crippen LogP contribution in [-0.2, 0) is 18.4 Å². The minimum Gasteiger partial charge on any atom is -0.426 e. The van der Waals surface area contributed by atoms with Gasteiger partial charge in [-0.2, -0.15) is 0 Å². The molecule has 17 heavy (non-hydrogen) atoms. The molecule has 0 radical (unpaired) electrons. The second-order valence-electron chi connectivity index (χ2n) is 3.06. The second kappa shape index (κ2) is 6.17. The fourth-order valence-corrected chi connectivity index (χ4v) is 1.94. The Balaban J connectivity index is 2.61. The van der Waals surface area contributed by atoms with Crippen LogP contribution in [0.4, 0.5) is 0 Å². The summed E-state index contributed by atoms with van der Waals surface area (Å²) >= 11 is 5.67. The molecule has 0 spiro atoms. The van der Waals surface area contributed by atoms with Crippen LogP contribution in [0.1, 0.15) is 0 Å². The first-order chi connectivity index (χ1) is 7.99. The monoisotopic (exact) mass is 278 g/mol. The van der Waals surface area contributed by atoms with Crippen molar-refractivity contribution in [2.24, 2.45) is 0 Å². The van der Waals surface area contributed by atoms with Crippen molar-refractivity contribution in [3.8, 4) is 5.75 Å². The molecule has 0 N–H and O–H groups in total. The van der Waals surface area contributed by atoms with E-state index in [2.05, 4.69) is 9.05 Å². The third-order valence-electron chi connectivity index (χ3n) is 1.92. The highest BCUT2D eigenvalue weighted by Crippen LogP contribution is 2.46. The average molecular weight is 279 g/mol. The van der Waals surface area contributed by atoms with Crippen LogP contribution in [-0.4, -0.2) is 26.4 Å². The summed E-state index contributed by atoms with van der Waals surface area (Å²) < 4.78 is 25.8. The number of esters is 1. The summed E-state index contributed by atoms with van der Waals surface area (Å²) in [5.41, 5.74) is 0. The fraction of sp³-hybridized carbons (Fsp3) is 0.300. The molecule has 1 aromatic rings. The number of halogens is 1. The van der Waals surface area contributed by atoms with Gasteiger partial charge in [-0.15, -0.1) is 0 Å². The minimum absolute atomic E-state index is 0.318. The largest absolute Gasteiger partial charge is 0.426 e. The van der Waals surface area contributed by atoms with Crippen molar-refractivity contribution in [3.05, 3.63) is 29.3 Å². The first-order valence-corrected chi connectivity index (χ1v) is 6.76. The molecule has 0 aliphatic carbocycles. The van der Waals surface area contributed by atoms with Crippen LogP contribution < -0.4 is 4.74 Å². The van der Waals surface area contributed by atoms with E-state index in [4.69, 9.17) is 16.3 Å². The molecule has 0 aromatic heterocycles. The molecular formula is C10H12ClO5P. The summed E-state index contributed by atoms with van der Waals surface area (Å²) in [6.07, 6.45) is -0.442. The molecule has 1 aromatic carbocycles. The Bertz CT molecular complexity index is 423. The van der Waals surface area contributed by atoms with E-state index in [9.17, 15) is 9.36 Å². The first kappa shape index (κ1) is 14.2. The molecule has 5 nitrogen and oxygen atoms in total. The zero-order valence-electron chi connectivity index (χ0n) is 9.38. The Morgan fingerprint density at radius 3 is 2.24 bits per heavy atom. The van der Waals surface area contributed by atoms with Gasteiger partial charge < -0.3 is 13.8 Å². The number of hydrogen-bond donors (Lipinski definition) is 0. The maximum atomic E-state index is 11.6. The maximum absolute atomic E-state index is 11.6. The van der Waals surface area contributed by atoms with Crippen molar-refractivity contribution >= 4 is 25.2 Å². The van der Waals surface area contributed by atoms with E-state index in [-0.39, 0.29) is 0 Å². The standard InChI is InChI=1S/C10H12ClO5P/c1-14-17(13,15-2)7-10(12)16-9-5-3-8(11)4-6-9/h3-6H,7H2,1-2H3. The van der Waals surface area contributed by atoms with Crippen molar-refractivity contribution in [1.82, 2.24) is 0 Å². The van der Waals surface area contributed by atoms with Gasteiger partial charge in [0.2, 0.25) is 0 Å². The average Bonchev–Trinajstić information content (AvgIpc) is 2.32. The number of hydrogen-bond acceptors (Lipinski definition) is 5. The number of carbonyl (C=O) groups excluding carboxylic acids is 1. The van der Waals surface area contributed by atoms with E-state index in [0.29, 0.717) is 10.8 Å². The van der Waals surface area contributed by atoms with E-state index < -0.39 is 19.7 Å². The first-order valence-electron chi connectivity index (χ1n) is 4.66. The van der Waals surface area contributed by atoms with Gasteiger partial charge in [0.15, 0.2) is 0 Å². The number of ether oxygens (including phenoxy) is 1. The van der Waals surface area contributed by atoms with Crippen molar-refractivity contribution in [2.75, 3.05) is 20.4 Å². The quantitative estimate of drug-likeness (QED) is 0.471. The smallest absolute Gasteiger partial charge is 0.341 e. The number of benzene rings is 1. The van der Waals surface area contributed by atoms with Gasteiger partial charge in [0.25, 0.3) is 0 Å². The predicted octanol–water partition coefficient (Wildman–Crippen LogP) is 2.73.